The van der Waals surface area contributed by atoms with Gasteiger partial charge in [0.1, 0.15) is 5.75 Å². The smallest absolute Gasteiger partial charge is 0.427 e. The van der Waals surface area contributed by atoms with Crippen LogP contribution in [0.5, 0.6) is 5.75 Å². The van der Waals surface area contributed by atoms with Crippen LogP contribution in [0.1, 0.15) is 5.56 Å². The average molecular weight is 295 g/mol. The van der Waals surface area contributed by atoms with Crippen LogP contribution in [0.4, 0.5) is 10.5 Å². The van der Waals surface area contributed by atoms with Crippen molar-refractivity contribution < 1.29 is 19.1 Å². The predicted molar refractivity (Wildman–Crippen MR) is 81.4 cm³/mol. The number of rotatable bonds is 3. The van der Waals surface area contributed by atoms with Crippen molar-refractivity contribution >= 4 is 23.8 Å². The number of carbonyl (C=O) groups is 2. The lowest BCUT2D eigenvalue weighted by Crippen LogP contribution is -2.28. The molecule has 0 aliphatic carbocycles. The molecule has 0 atom stereocenters. The Bertz CT molecular complexity index is 735. The lowest BCUT2D eigenvalue weighted by Gasteiger charge is -2.10. The molecule has 3 rings (SSSR count). The Hall–Kier alpha value is -3.08. The SMILES string of the molecule is COc1ccc(N2C(=O)O/C(=C/c3ccccc3)C2=O)cc1. The van der Waals surface area contributed by atoms with Crippen LogP contribution >= 0.6 is 0 Å². The number of cyclic esters (lactones) is 1. The van der Waals surface area contributed by atoms with Crippen LogP contribution in [0.3, 0.4) is 0 Å². The van der Waals surface area contributed by atoms with Crippen molar-refractivity contribution in [3.63, 3.8) is 0 Å². The van der Waals surface area contributed by atoms with E-state index in [4.69, 9.17) is 9.47 Å². The van der Waals surface area contributed by atoms with E-state index in [0.29, 0.717) is 11.4 Å². The standard InChI is InChI=1S/C17H13NO4/c1-21-14-9-7-13(8-10-14)18-16(19)15(22-17(18)20)11-12-5-3-2-4-6-12/h2-11H,1H3/b15-11+. The lowest BCUT2D eigenvalue weighted by atomic mass is 10.2. The molecule has 0 unspecified atom stereocenters. The molecule has 1 aliphatic rings. The third-order valence-corrected chi connectivity index (χ3v) is 3.22. The second kappa shape index (κ2) is 5.73. The molecule has 5 heteroatoms. The number of nitrogens with zero attached hydrogens (tertiary/aromatic N) is 1. The summed E-state index contributed by atoms with van der Waals surface area (Å²) < 4.78 is 10.1. The number of ether oxygens (including phenoxy) is 2. The molecule has 22 heavy (non-hydrogen) atoms. The summed E-state index contributed by atoms with van der Waals surface area (Å²) in [5.41, 5.74) is 1.22. The highest BCUT2D eigenvalue weighted by molar-refractivity contribution is 6.24. The average Bonchev–Trinajstić information content (AvgIpc) is 2.82. The quantitative estimate of drug-likeness (QED) is 0.816. The van der Waals surface area contributed by atoms with Crippen molar-refractivity contribution in [1.82, 2.24) is 0 Å². The van der Waals surface area contributed by atoms with Gasteiger partial charge in [-0.05, 0) is 35.9 Å². The van der Waals surface area contributed by atoms with E-state index in [9.17, 15) is 9.59 Å². The monoisotopic (exact) mass is 295 g/mol. The summed E-state index contributed by atoms with van der Waals surface area (Å²) in [4.78, 5) is 25.3. The summed E-state index contributed by atoms with van der Waals surface area (Å²) in [6, 6.07) is 15.8. The number of imide groups is 1. The molecule has 1 fully saturated rings. The number of carbonyl (C=O) groups excluding carboxylic acids is 2. The van der Waals surface area contributed by atoms with Gasteiger partial charge >= 0.3 is 12.0 Å². The summed E-state index contributed by atoms with van der Waals surface area (Å²) in [7, 11) is 1.55. The zero-order valence-electron chi connectivity index (χ0n) is 11.9. The maximum atomic E-state index is 12.4. The minimum Gasteiger partial charge on any atom is -0.497 e. The van der Waals surface area contributed by atoms with Gasteiger partial charge in [-0.15, -0.1) is 0 Å². The fraction of sp³-hybridized carbons (Fsp3) is 0.0588. The highest BCUT2D eigenvalue weighted by Crippen LogP contribution is 2.27. The Morgan fingerprint density at radius 3 is 2.32 bits per heavy atom. The fourth-order valence-corrected chi connectivity index (χ4v) is 2.12. The molecular weight excluding hydrogens is 282 g/mol. The molecule has 5 nitrogen and oxygen atoms in total. The third-order valence-electron chi connectivity index (χ3n) is 3.22. The van der Waals surface area contributed by atoms with Crippen LogP contribution in [-0.2, 0) is 9.53 Å². The van der Waals surface area contributed by atoms with E-state index in [-0.39, 0.29) is 5.76 Å². The van der Waals surface area contributed by atoms with Crippen LogP contribution < -0.4 is 9.64 Å². The highest BCUT2D eigenvalue weighted by atomic mass is 16.6. The van der Waals surface area contributed by atoms with Crippen molar-refractivity contribution in [2.75, 3.05) is 12.0 Å². The minimum atomic E-state index is -0.711. The van der Waals surface area contributed by atoms with E-state index in [2.05, 4.69) is 0 Å². The first-order chi connectivity index (χ1) is 10.7. The first kappa shape index (κ1) is 13.9. The summed E-state index contributed by atoms with van der Waals surface area (Å²) in [5, 5.41) is 0. The van der Waals surface area contributed by atoms with E-state index in [1.165, 1.54) is 0 Å². The largest absolute Gasteiger partial charge is 0.497 e. The molecule has 0 N–H and O–H groups in total. The van der Waals surface area contributed by atoms with Crippen molar-refractivity contribution in [3.05, 3.63) is 65.9 Å². The van der Waals surface area contributed by atoms with E-state index < -0.39 is 12.0 Å². The topological polar surface area (TPSA) is 55.8 Å². The second-order valence-electron chi connectivity index (χ2n) is 4.63. The van der Waals surface area contributed by atoms with E-state index >= 15 is 0 Å². The fourth-order valence-electron chi connectivity index (χ4n) is 2.12. The number of hydrogen-bond donors (Lipinski definition) is 0. The number of amides is 2. The maximum absolute atomic E-state index is 12.4. The van der Waals surface area contributed by atoms with Gasteiger partial charge in [0.05, 0.1) is 12.8 Å². The number of benzene rings is 2. The normalized spacial score (nSPS) is 16.0. The molecule has 0 aromatic heterocycles. The minimum absolute atomic E-state index is 0.00650. The maximum Gasteiger partial charge on any atom is 0.427 e. The third kappa shape index (κ3) is 2.56. The van der Waals surface area contributed by atoms with E-state index in [0.717, 1.165) is 10.5 Å². The molecule has 2 amide bonds. The Balaban J connectivity index is 1.89. The van der Waals surface area contributed by atoms with Gasteiger partial charge in [-0.25, -0.2) is 9.69 Å². The van der Waals surface area contributed by atoms with Crippen LogP contribution in [0.15, 0.2) is 60.4 Å². The van der Waals surface area contributed by atoms with Crippen molar-refractivity contribution in [1.29, 1.82) is 0 Å². The second-order valence-corrected chi connectivity index (χ2v) is 4.63. The van der Waals surface area contributed by atoms with Crippen LogP contribution in [0.2, 0.25) is 0 Å². The van der Waals surface area contributed by atoms with Gasteiger partial charge in [0.15, 0.2) is 5.76 Å². The highest BCUT2D eigenvalue weighted by Gasteiger charge is 2.37. The molecule has 2 aromatic carbocycles. The number of methoxy groups -OCH3 is 1. The summed E-state index contributed by atoms with van der Waals surface area (Å²) in [6.45, 7) is 0. The summed E-state index contributed by atoms with van der Waals surface area (Å²) in [5.74, 6) is 0.162. The molecule has 2 aromatic rings. The first-order valence-electron chi connectivity index (χ1n) is 6.66. The van der Waals surface area contributed by atoms with Gasteiger partial charge < -0.3 is 9.47 Å². The first-order valence-corrected chi connectivity index (χ1v) is 6.66. The molecule has 0 bridgehead atoms. The Morgan fingerprint density at radius 2 is 1.68 bits per heavy atom. The summed E-state index contributed by atoms with van der Waals surface area (Å²) >= 11 is 0. The van der Waals surface area contributed by atoms with Gasteiger partial charge in [-0.2, -0.15) is 0 Å². The van der Waals surface area contributed by atoms with Gasteiger partial charge in [0.2, 0.25) is 0 Å². The molecule has 0 spiro atoms. The molecule has 0 saturated carbocycles. The predicted octanol–water partition coefficient (Wildman–Crippen LogP) is 3.22. The lowest BCUT2D eigenvalue weighted by molar-refractivity contribution is -0.114. The Labute approximate surface area is 127 Å². The zero-order valence-corrected chi connectivity index (χ0v) is 11.9. The van der Waals surface area contributed by atoms with Crippen molar-refractivity contribution in [2.45, 2.75) is 0 Å². The van der Waals surface area contributed by atoms with Crippen molar-refractivity contribution in [2.24, 2.45) is 0 Å². The van der Waals surface area contributed by atoms with Crippen LogP contribution in [-0.4, -0.2) is 19.1 Å². The van der Waals surface area contributed by atoms with Gasteiger partial charge in [-0.3, -0.25) is 4.79 Å². The van der Waals surface area contributed by atoms with E-state index in [1.54, 1.807) is 37.5 Å². The Kier molecular flexibility index (Phi) is 3.62. The molecule has 0 radical (unpaired) electrons. The molecule has 1 heterocycles. The molecule has 110 valence electrons. The van der Waals surface area contributed by atoms with Crippen LogP contribution in [0, 0.1) is 0 Å². The number of hydrogen-bond acceptors (Lipinski definition) is 4. The number of anilines is 1. The zero-order chi connectivity index (χ0) is 15.5. The van der Waals surface area contributed by atoms with Crippen molar-refractivity contribution in [3.8, 4) is 5.75 Å². The molecular formula is C17H13NO4. The molecule has 1 saturated heterocycles. The van der Waals surface area contributed by atoms with Gasteiger partial charge in [0, 0.05) is 0 Å². The van der Waals surface area contributed by atoms with Gasteiger partial charge in [0.25, 0.3) is 0 Å². The Morgan fingerprint density at radius 1 is 1.00 bits per heavy atom. The van der Waals surface area contributed by atoms with E-state index in [1.807, 2.05) is 30.3 Å². The van der Waals surface area contributed by atoms with Gasteiger partial charge in [-0.1, -0.05) is 30.3 Å². The van der Waals surface area contributed by atoms with Crippen LogP contribution in [0.25, 0.3) is 6.08 Å². The summed E-state index contributed by atoms with van der Waals surface area (Å²) in [6.07, 6.45) is 0.835. The molecule has 1 aliphatic heterocycles.